The van der Waals surface area contributed by atoms with E-state index in [1.165, 1.54) is 23.2 Å². The van der Waals surface area contributed by atoms with E-state index in [1.807, 2.05) is 0 Å². The van der Waals surface area contributed by atoms with E-state index in [9.17, 15) is 0 Å². The van der Waals surface area contributed by atoms with Crippen LogP contribution in [0.3, 0.4) is 0 Å². The van der Waals surface area contributed by atoms with Crippen molar-refractivity contribution in [2.75, 3.05) is 24.5 Å². The molecule has 0 saturated heterocycles. The Hall–Kier alpha value is -0.800. The van der Waals surface area contributed by atoms with Crippen LogP contribution >= 0.6 is 15.9 Å². The van der Waals surface area contributed by atoms with E-state index in [-0.39, 0.29) is 0 Å². The molecule has 0 aliphatic carbocycles. The molecule has 1 heterocycles. The molecule has 0 bridgehead atoms. The summed E-state index contributed by atoms with van der Waals surface area (Å²) in [6, 6.07) is 7.05. The van der Waals surface area contributed by atoms with Crippen molar-refractivity contribution in [1.29, 1.82) is 0 Å². The SMILES string of the molecule is CCCNC(C)c1ccc(Br)cc1N1CCC=C(C)C1. The molecule has 0 radical (unpaired) electrons. The minimum Gasteiger partial charge on any atom is -0.367 e. The van der Waals surface area contributed by atoms with Gasteiger partial charge >= 0.3 is 0 Å². The van der Waals surface area contributed by atoms with Crippen LogP contribution in [0.4, 0.5) is 5.69 Å². The highest BCUT2D eigenvalue weighted by atomic mass is 79.9. The average molecular weight is 337 g/mol. The molecule has 0 saturated carbocycles. The Morgan fingerprint density at radius 1 is 1.40 bits per heavy atom. The Morgan fingerprint density at radius 3 is 2.90 bits per heavy atom. The molecule has 0 amide bonds. The van der Waals surface area contributed by atoms with Gasteiger partial charge in [0, 0.05) is 29.3 Å². The third kappa shape index (κ3) is 3.86. The molecule has 1 aliphatic rings. The molecule has 2 rings (SSSR count). The van der Waals surface area contributed by atoms with Gasteiger partial charge in [-0.05, 0) is 50.9 Å². The summed E-state index contributed by atoms with van der Waals surface area (Å²) < 4.78 is 1.16. The van der Waals surface area contributed by atoms with Crippen LogP contribution in [-0.2, 0) is 0 Å². The van der Waals surface area contributed by atoms with Gasteiger partial charge in [-0.25, -0.2) is 0 Å². The van der Waals surface area contributed by atoms with E-state index >= 15 is 0 Å². The van der Waals surface area contributed by atoms with Crippen LogP contribution in [-0.4, -0.2) is 19.6 Å². The van der Waals surface area contributed by atoms with Crippen molar-refractivity contribution in [3.05, 3.63) is 39.9 Å². The van der Waals surface area contributed by atoms with Gasteiger partial charge in [0.25, 0.3) is 0 Å². The lowest BCUT2D eigenvalue weighted by molar-refractivity contribution is 0.569. The zero-order valence-electron chi connectivity index (χ0n) is 12.7. The first-order chi connectivity index (χ1) is 9.61. The minimum atomic E-state index is 0.393. The van der Waals surface area contributed by atoms with E-state index in [4.69, 9.17) is 0 Å². The summed E-state index contributed by atoms with van der Waals surface area (Å²) in [6.45, 7) is 9.92. The monoisotopic (exact) mass is 336 g/mol. The van der Waals surface area contributed by atoms with Crippen LogP contribution in [0.15, 0.2) is 34.3 Å². The minimum absolute atomic E-state index is 0.393. The lowest BCUT2D eigenvalue weighted by Gasteiger charge is -2.32. The molecule has 1 aliphatic heterocycles. The van der Waals surface area contributed by atoms with Crippen LogP contribution in [0, 0.1) is 0 Å². The van der Waals surface area contributed by atoms with Crippen molar-refractivity contribution in [3.8, 4) is 0 Å². The topological polar surface area (TPSA) is 15.3 Å². The maximum absolute atomic E-state index is 3.62. The first kappa shape index (κ1) is 15.6. The highest BCUT2D eigenvalue weighted by Crippen LogP contribution is 2.31. The fourth-order valence-electron chi connectivity index (χ4n) is 2.74. The van der Waals surface area contributed by atoms with Gasteiger partial charge in [-0.3, -0.25) is 0 Å². The lowest BCUT2D eigenvalue weighted by Crippen LogP contribution is -2.31. The maximum Gasteiger partial charge on any atom is 0.0428 e. The molecular weight excluding hydrogens is 312 g/mol. The van der Waals surface area contributed by atoms with Crippen LogP contribution in [0.2, 0.25) is 0 Å². The second-order valence-electron chi connectivity index (χ2n) is 5.64. The first-order valence-corrected chi connectivity index (χ1v) is 8.34. The fourth-order valence-corrected chi connectivity index (χ4v) is 3.09. The van der Waals surface area contributed by atoms with E-state index in [0.717, 1.165) is 30.5 Å². The van der Waals surface area contributed by atoms with Gasteiger partial charge in [0.15, 0.2) is 0 Å². The van der Waals surface area contributed by atoms with Gasteiger partial charge in [0.1, 0.15) is 0 Å². The molecule has 1 aromatic carbocycles. The van der Waals surface area contributed by atoms with Crippen molar-refractivity contribution >= 4 is 21.6 Å². The molecule has 20 heavy (non-hydrogen) atoms. The average Bonchev–Trinajstić information content (AvgIpc) is 2.44. The Balaban J connectivity index is 2.26. The molecule has 1 aromatic rings. The molecule has 0 spiro atoms. The van der Waals surface area contributed by atoms with Crippen LogP contribution < -0.4 is 10.2 Å². The summed E-state index contributed by atoms with van der Waals surface area (Å²) in [6.07, 6.45) is 4.67. The van der Waals surface area contributed by atoms with E-state index in [2.05, 4.69) is 71.2 Å². The van der Waals surface area contributed by atoms with Crippen molar-refractivity contribution in [2.24, 2.45) is 0 Å². The van der Waals surface area contributed by atoms with Gasteiger partial charge in [-0.1, -0.05) is 40.6 Å². The predicted molar refractivity (Wildman–Crippen MR) is 91.4 cm³/mol. The van der Waals surface area contributed by atoms with Gasteiger partial charge in [0.05, 0.1) is 0 Å². The third-order valence-corrected chi connectivity index (χ3v) is 4.33. The number of nitrogens with zero attached hydrogens (tertiary/aromatic N) is 1. The quantitative estimate of drug-likeness (QED) is 0.786. The van der Waals surface area contributed by atoms with Gasteiger partial charge < -0.3 is 10.2 Å². The van der Waals surface area contributed by atoms with E-state index < -0.39 is 0 Å². The molecule has 1 atom stereocenters. The second-order valence-corrected chi connectivity index (χ2v) is 6.56. The van der Waals surface area contributed by atoms with Crippen molar-refractivity contribution in [3.63, 3.8) is 0 Å². The number of nitrogens with one attached hydrogen (secondary N) is 1. The Morgan fingerprint density at radius 2 is 2.20 bits per heavy atom. The molecular formula is C17H25BrN2. The lowest BCUT2D eigenvalue weighted by atomic mass is 10.0. The number of benzene rings is 1. The zero-order chi connectivity index (χ0) is 14.5. The Kier molecular flexibility index (Phi) is 5.67. The number of halogens is 1. The van der Waals surface area contributed by atoms with Crippen LogP contribution in [0.25, 0.3) is 0 Å². The van der Waals surface area contributed by atoms with Crippen molar-refractivity contribution < 1.29 is 0 Å². The molecule has 3 heteroatoms. The fraction of sp³-hybridized carbons (Fsp3) is 0.529. The highest BCUT2D eigenvalue weighted by Gasteiger charge is 2.17. The van der Waals surface area contributed by atoms with Gasteiger partial charge in [-0.15, -0.1) is 0 Å². The van der Waals surface area contributed by atoms with Crippen LogP contribution in [0.1, 0.15) is 45.2 Å². The summed E-state index contributed by atoms with van der Waals surface area (Å²) in [5.74, 6) is 0. The summed E-state index contributed by atoms with van der Waals surface area (Å²) in [7, 11) is 0. The molecule has 1 unspecified atom stereocenters. The Bertz CT molecular complexity index is 482. The molecule has 1 N–H and O–H groups in total. The van der Waals surface area contributed by atoms with Gasteiger partial charge in [-0.2, -0.15) is 0 Å². The summed E-state index contributed by atoms with van der Waals surface area (Å²) in [4.78, 5) is 2.50. The van der Waals surface area contributed by atoms with Crippen molar-refractivity contribution in [1.82, 2.24) is 5.32 Å². The Labute approximate surface area is 131 Å². The number of hydrogen-bond donors (Lipinski definition) is 1. The summed E-state index contributed by atoms with van der Waals surface area (Å²) >= 11 is 3.62. The van der Waals surface area contributed by atoms with E-state index in [1.54, 1.807) is 0 Å². The smallest absolute Gasteiger partial charge is 0.0428 e. The number of anilines is 1. The molecule has 110 valence electrons. The summed E-state index contributed by atoms with van der Waals surface area (Å²) in [5.41, 5.74) is 4.23. The highest BCUT2D eigenvalue weighted by molar-refractivity contribution is 9.10. The largest absolute Gasteiger partial charge is 0.367 e. The standard InChI is InChI=1S/C17H25BrN2/c1-4-9-19-14(3)16-8-7-15(18)11-17(16)20-10-5-6-13(2)12-20/h6-8,11,14,19H,4-5,9-10,12H2,1-3H3. The molecule has 0 fully saturated rings. The van der Waals surface area contributed by atoms with Crippen LogP contribution in [0.5, 0.6) is 0 Å². The predicted octanol–water partition coefficient (Wildman–Crippen LogP) is 4.67. The summed E-state index contributed by atoms with van der Waals surface area (Å²) in [5, 5.41) is 3.60. The maximum atomic E-state index is 3.62. The first-order valence-electron chi connectivity index (χ1n) is 7.55. The number of hydrogen-bond acceptors (Lipinski definition) is 2. The second kappa shape index (κ2) is 7.28. The normalized spacial score (nSPS) is 17.0. The number of rotatable bonds is 5. The van der Waals surface area contributed by atoms with E-state index in [0.29, 0.717) is 6.04 Å². The zero-order valence-corrected chi connectivity index (χ0v) is 14.3. The molecule has 2 nitrogen and oxygen atoms in total. The third-order valence-electron chi connectivity index (χ3n) is 3.83. The van der Waals surface area contributed by atoms with Crippen molar-refractivity contribution in [2.45, 2.75) is 39.7 Å². The molecule has 0 aromatic heterocycles. The van der Waals surface area contributed by atoms with Gasteiger partial charge in [0.2, 0.25) is 0 Å².